The Morgan fingerprint density at radius 3 is 1.94 bits per heavy atom. The fourth-order valence-corrected chi connectivity index (χ4v) is 1.05. The summed E-state index contributed by atoms with van der Waals surface area (Å²) in [6, 6.07) is 0. The quantitative estimate of drug-likeness (QED) is 0.300. The first-order valence-electron chi connectivity index (χ1n) is 5.08. The molecule has 0 aliphatic carbocycles. The molecule has 0 spiro atoms. The molecule has 7 nitrogen and oxygen atoms in total. The van der Waals surface area contributed by atoms with Crippen molar-refractivity contribution >= 4 is 18.1 Å². The molecule has 0 saturated carbocycles. The highest BCUT2D eigenvalue weighted by Gasteiger charge is 2.26. The number of hydrogen-bond donors (Lipinski definition) is 0. The maximum Gasteiger partial charge on any atom is 0.508 e. The minimum absolute atomic E-state index is 0.0122. The summed E-state index contributed by atoms with van der Waals surface area (Å²) in [5.74, 6) is -2.38. The normalized spacial score (nSPS) is 10.2. The van der Waals surface area contributed by atoms with Crippen LogP contribution in [0, 0.1) is 5.92 Å². The van der Waals surface area contributed by atoms with Crippen LogP contribution >= 0.6 is 0 Å². The van der Waals surface area contributed by atoms with Crippen LogP contribution in [0.4, 0.5) is 4.79 Å². The minimum atomic E-state index is -1.02. The SMILES string of the molecule is COC(=O)OC/C=C/CC(C(=O)OC)C(=O)OC. The summed E-state index contributed by atoms with van der Waals surface area (Å²) < 4.78 is 17.8. The van der Waals surface area contributed by atoms with Gasteiger partial charge in [-0.25, -0.2) is 4.79 Å². The molecule has 0 heterocycles. The van der Waals surface area contributed by atoms with Gasteiger partial charge >= 0.3 is 18.1 Å². The molecule has 0 unspecified atom stereocenters. The van der Waals surface area contributed by atoms with Crippen molar-refractivity contribution in [1.29, 1.82) is 0 Å². The Labute approximate surface area is 105 Å². The molecule has 102 valence electrons. The first kappa shape index (κ1) is 16.0. The van der Waals surface area contributed by atoms with Gasteiger partial charge in [-0.2, -0.15) is 0 Å². The van der Waals surface area contributed by atoms with E-state index < -0.39 is 24.0 Å². The maximum absolute atomic E-state index is 11.3. The van der Waals surface area contributed by atoms with Crippen LogP contribution in [0.3, 0.4) is 0 Å². The molecule has 18 heavy (non-hydrogen) atoms. The molecular formula is C11H16O7. The molecular weight excluding hydrogens is 244 g/mol. The van der Waals surface area contributed by atoms with Crippen molar-refractivity contribution < 1.29 is 33.3 Å². The molecule has 0 bridgehead atoms. The summed E-state index contributed by atoms with van der Waals surface area (Å²) in [7, 11) is 3.56. The Balaban J connectivity index is 4.18. The van der Waals surface area contributed by atoms with E-state index >= 15 is 0 Å². The second kappa shape index (κ2) is 9.03. The van der Waals surface area contributed by atoms with Gasteiger partial charge in [-0.3, -0.25) is 9.59 Å². The minimum Gasteiger partial charge on any atom is -0.468 e. The van der Waals surface area contributed by atoms with E-state index in [2.05, 4.69) is 18.9 Å². The van der Waals surface area contributed by atoms with Crippen LogP contribution in [0.15, 0.2) is 12.2 Å². The molecule has 0 atom stereocenters. The van der Waals surface area contributed by atoms with E-state index in [4.69, 9.17) is 0 Å². The summed E-state index contributed by atoms with van der Waals surface area (Å²) in [5.41, 5.74) is 0. The van der Waals surface area contributed by atoms with E-state index in [1.165, 1.54) is 33.5 Å². The van der Waals surface area contributed by atoms with Gasteiger partial charge in [0.2, 0.25) is 0 Å². The summed E-state index contributed by atoms with van der Waals surface area (Å²) in [4.78, 5) is 33.1. The van der Waals surface area contributed by atoms with Crippen LogP contribution in [-0.2, 0) is 28.5 Å². The van der Waals surface area contributed by atoms with Gasteiger partial charge in [-0.05, 0) is 6.42 Å². The number of methoxy groups -OCH3 is 3. The molecule has 7 heteroatoms. The average Bonchev–Trinajstić information content (AvgIpc) is 2.40. The van der Waals surface area contributed by atoms with E-state index in [0.29, 0.717) is 0 Å². The Morgan fingerprint density at radius 1 is 0.944 bits per heavy atom. The van der Waals surface area contributed by atoms with E-state index in [1.807, 2.05) is 0 Å². The zero-order valence-electron chi connectivity index (χ0n) is 10.5. The zero-order valence-corrected chi connectivity index (χ0v) is 10.5. The lowest BCUT2D eigenvalue weighted by Gasteiger charge is -2.09. The first-order valence-corrected chi connectivity index (χ1v) is 5.08. The van der Waals surface area contributed by atoms with Crippen molar-refractivity contribution in [2.45, 2.75) is 6.42 Å². The number of esters is 2. The van der Waals surface area contributed by atoms with Gasteiger partial charge in [0.15, 0.2) is 5.92 Å². The van der Waals surface area contributed by atoms with Crippen molar-refractivity contribution in [1.82, 2.24) is 0 Å². The Bertz CT molecular complexity index is 305. The van der Waals surface area contributed by atoms with Gasteiger partial charge < -0.3 is 18.9 Å². The first-order chi connectivity index (χ1) is 8.56. The number of rotatable bonds is 6. The number of allylic oxidation sites excluding steroid dienone is 1. The molecule has 0 amide bonds. The van der Waals surface area contributed by atoms with Crippen LogP contribution in [0.2, 0.25) is 0 Å². The highest BCUT2D eigenvalue weighted by atomic mass is 16.7. The lowest BCUT2D eigenvalue weighted by Crippen LogP contribution is -2.25. The smallest absolute Gasteiger partial charge is 0.468 e. The molecule has 0 radical (unpaired) electrons. The van der Waals surface area contributed by atoms with Crippen molar-refractivity contribution in [2.24, 2.45) is 5.92 Å². The highest BCUT2D eigenvalue weighted by Crippen LogP contribution is 2.08. The Kier molecular flexibility index (Phi) is 8.00. The number of carbonyl (C=O) groups excluding carboxylic acids is 3. The van der Waals surface area contributed by atoms with E-state index in [0.717, 1.165) is 0 Å². The van der Waals surface area contributed by atoms with Gasteiger partial charge in [-0.15, -0.1) is 0 Å². The molecule has 0 aromatic rings. The molecule has 0 rings (SSSR count). The van der Waals surface area contributed by atoms with Gasteiger partial charge in [0.05, 0.1) is 21.3 Å². The lowest BCUT2D eigenvalue weighted by molar-refractivity contribution is -0.158. The largest absolute Gasteiger partial charge is 0.508 e. The van der Waals surface area contributed by atoms with Crippen molar-refractivity contribution in [3.05, 3.63) is 12.2 Å². The fraction of sp³-hybridized carbons (Fsp3) is 0.545. The maximum atomic E-state index is 11.3. The van der Waals surface area contributed by atoms with Crippen LogP contribution in [0.1, 0.15) is 6.42 Å². The Morgan fingerprint density at radius 2 is 1.50 bits per heavy atom. The summed E-state index contributed by atoms with van der Waals surface area (Å²) in [6.07, 6.45) is 2.29. The van der Waals surface area contributed by atoms with Gasteiger partial charge in [0.1, 0.15) is 6.61 Å². The third-order valence-corrected chi connectivity index (χ3v) is 1.97. The second-order valence-electron chi connectivity index (χ2n) is 3.07. The number of carbonyl (C=O) groups is 3. The third kappa shape index (κ3) is 5.88. The number of ether oxygens (including phenoxy) is 4. The number of hydrogen-bond acceptors (Lipinski definition) is 7. The van der Waals surface area contributed by atoms with Crippen LogP contribution in [0.5, 0.6) is 0 Å². The predicted molar refractivity (Wildman–Crippen MR) is 59.6 cm³/mol. The van der Waals surface area contributed by atoms with E-state index in [9.17, 15) is 14.4 Å². The van der Waals surface area contributed by atoms with Crippen LogP contribution in [0.25, 0.3) is 0 Å². The fourth-order valence-electron chi connectivity index (χ4n) is 1.05. The average molecular weight is 260 g/mol. The van der Waals surface area contributed by atoms with Gasteiger partial charge in [0, 0.05) is 0 Å². The standard InChI is InChI=1S/C11H16O7/c1-15-9(12)8(10(13)16-2)6-4-5-7-18-11(14)17-3/h4-5,8H,6-7H2,1-3H3/b5-4+. The molecule has 0 aliphatic heterocycles. The summed E-state index contributed by atoms with van der Waals surface area (Å²) in [5, 5.41) is 0. The van der Waals surface area contributed by atoms with Crippen molar-refractivity contribution in [2.75, 3.05) is 27.9 Å². The molecule has 0 aliphatic rings. The molecule has 0 N–H and O–H groups in total. The van der Waals surface area contributed by atoms with Gasteiger partial charge in [0.25, 0.3) is 0 Å². The highest BCUT2D eigenvalue weighted by molar-refractivity contribution is 5.94. The predicted octanol–water partition coefficient (Wildman–Crippen LogP) is 0.678. The topological polar surface area (TPSA) is 88.1 Å². The summed E-state index contributed by atoms with van der Waals surface area (Å²) >= 11 is 0. The van der Waals surface area contributed by atoms with Crippen LogP contribution < -0.4 is 0 Å². The second-order valence-corrected chi connectivity index (χ2v) is 3.07. The van der Waals surface area contributed by atoms with Gasteiger partial charge in [-0.1, -0.05) is 12.2 Å². The Hall–Kier alpha value is -2.05. The third-order valence-electron chi connectivity index (χ3n) is 1.97. The summed E-state index contributed by atoms with van der Waals surface area (Å²) in [6.45, 7) is -0.0122. The van der Waals surface area contributed by atoms with Crippen molar-refractivity contribution in [3.8, 4) is 0 Å². The molecule has 0 aromatic heterocycles. The molecule has 0 saturated heterocycles. The molecule has 0 fully saturated rings. The monoisotopic (exact) mass is 260 g/mol. The molecule has 0 aromatic carbocycles. The van der Waals surface area contributed by atoms with Crippen LogP contribution in [-0.4, -0.2) is 46.0 Å². The zero-order chi connectivity index (χ0) is 14.0. The lowest BCUT2D eigenvalue weighted by atomic mass is 10.1. The van der Waals surface area contributed by atoms with Crippen molar-refractivity contribution in [3.63, 3.8) is 0 Å². The van der Waals surface area contributed by atoms with E-state index in [1.54, 1.807) is 0 Å². The van der Waals surface area contributed by atoms with E-state index in [-0.39, 0.29) is 13.0 Å².